The second-order valence-electron chi connectivity index (χ2n) is 8.66. The summed E-state index contributed by atoms with van der Waals surface area (Å²) in [6, 6.07) is 15.7. The highest BCUT2D eigenvalue weighted by molar-refractivity contribution is 5.97. The zero-order valence-electron chi connectivity index (χ0n) is 18.9. The van der Waals surface area contributed by atoms with Gasteiger partial charge >= 0.3 is 5.97 Å². The van der Waals surface area contributed by atoms with E-state index in [1.54, 1.807) is 6.07 Å². The molecule has 0 spiro atoms. The lowest BCUT2D eigenvalue weighted by molar-refractivity contribution is 0.0476. The Labute approximate surface area is 189 Å². The molecular weight excluding hydrogens is 404 g/mol. The molecule has 6 heteroatoms. The van der Waals surface area contributed by atoms with Gasteiger partial charge in [0.2, 0.25) is 0 Å². The van der Waals surface area contributed by atoms with Gasteiger partial charge in [-0.15, -0.1) is 0 Å². The molecular formula is C26H32N2O4. The van der Waals surface area contributed by atoms with Gasteiger partial charge in [0.15, 0.2) is 0 Å². The summed E-state index contributed by atoms with van der Waals surface area (Å²) in [5, 5.41) is 0.844. The molecule has 0 amide bonds. The van der Waals surface area contributed by atoms with Gasteiger partial charge in [-0.05, 0) is 51.4 Å². The van der Waals surface area contributed by atoms with Crippen LogP contribution in [0.15, 0.2) is 48.5 Å². The van der Waals surface area contributed by atoms with Crippen molar-refractivity contribution in [1.82, 2.24) is 9.88 Å². The molecule has 0 aliphatic heterocycles. The Morgan fingerprint density at radius 1 is 1.06 bits per heavy atom. The Hall–Kier alpha value is -2.99. The third kappa shape index (κ3) is 5.82. The molecule has 1 heterocycles. The largest absolute Gasteiger partial charge is 0.490 e. The van der Waals surface area contributed by atoms with Crippen molar-refractivity contribution in [2.45, 2.75) is 44.8 Å². The molecule has 0 atom stereocenters. The van der Waals surface area contributed by atoms with Crippen molar-refractivity contribution >= 4 is 16.9 Å². The molecule has 1 aliphatic rings. The van der Waals surface area contributed by atoms with E-state index in [0.717, 1.165) is 35.1 Å². The Morgan fingerprint density at radius 2 is 1.84 bits per heavy atom. The van der Waals surface area contributed by atoms with E-state index < -0.39 is 0 Å². The molecule has 0 bridgehead atoms. The number of carbonyl (C=O) groups excluding carboxylic acids is 1. The SMILES string of the molecule is CN(C)CCOC(=O)c1cc2c(OCc3ccccc3)cc(OC3CCCCC3)cc2[nH]1. The predicted octanol–water partition coefficient (Wildman–Crippen LogP) is 5.18. The third-order valence-corrected chi connectivity index (χ3v) is 5.76. The van der Waals surface area contributed by atoms with Gasteiger partial charge in [0.1, 0.15) is 30.4 Å². The van der Waals surface area contributed by atoms with Gasteiger partial charge in [-0.2, -0.15) is 0 Å². The first kappa shape index (κ1) is 22.2. The maximum absolute atomic E-state index is 12.5. The number of likely N-dealkylation sites (N-methyl/N-ethyl adjacent to an activating group) is 1. The first-order chi connectivity index (χ1) is 15.6. The molecule has 32 heavy (non-hydrogen) atoms. The van der Waals surface area contributed by atoms with E-state index >= 15 is 0 Å². The van der Waals surface area contributed by atoms with Crippen molar-refractivity contribution in [3.63, 3.8) is 0 Å². The van der Waals surface area contributed by atoms with Crippen LogP contribution in [-0.4, -0.2) is 49.2 Å². The Morgan fingerprint density at radius 3 is 2.59 bits per heavy atom. The Kier molecular flexibility index (Phi) is 7.32. The summed E-state index contributed by atoms with van der Waals surface area (Å²) in [5.41, 5.74) is 2.30. The zero-order valence-corrected chi connectivity index (χ0v) is 18.9. The van der Waals surface area contributed by atoms with Crippen molar-refractivity contribution in [2.75, 3.05) is 27.2 Å². The number of rotatable bonds is 9. The Balaban J connectivity index is 1.57. The number of aromatic nitrogens is 1. The second-order valence-corrected chi connectivity index (χ2v) is 8.66. The van der Waals surface area contributed by atoms with E-state index in [1.807, 2.05) is 61.5 Å². The minimum Gasteiger partial charge on any atom is -0.490 e. The summed E-state index contributed by atoms with van der Waals surface area (Å²) in [5.74, 6) is 1.09. The molecule has 1 aromatic heterocycles. The fraction of sp³-hybridized carbons (Fsp3) is 0.423. The minimum absolute atomic E-state index is 0.230. The second kappa shape index (κ2) is 10.6. The number of nitrogens with one attached hydrogen (secondary N) is 1. The van der Waals surface area contributed by atoms with E-state index in [-0.39, 0.29) is 12.1 Å². The molecule has 1 aliphatic carbocycles. The molecule has 0 saturated heterocycles. The van der Waals surface area contributed by atoms with Crippen LogP contribution in [0.3, 0.4) is 0 Å². The van der Waals surface area contributed by atoms with Crippen LogP contribution in [-0.2, 0) is 11.3 Å². The number of H-pyrrole nitrogens is 1. The lowest BCUT2D eigenvalue weighted by atomic mass is 9.98. The zero-order chi connectivity index (χ0) is 22.3. The number of ether oxygens (including phenoxy) is 3. The smallest absolute Gasteiger partial charge is 0.354 e. The van der Waals surface area contributed by atoms with E-state index in [4.69, 9.17) is 14.2 Å². The highest BCUT2D eigenvalue weighted by atomic mass is 16.5. The van der Waals surface area contributed by atoms with Gasteiger partial charge in [-0.1, -0.05) is 36.8 Å². The molecule has 1 saturated carbocycles. The molecule has 4 rings (SSSR count). The molecule has 170 valence electrons. The highest BCUT2D eigenvalue weighted by Crippen LogP contribution is 2.34. The number of hydrogen-bond donors (Lipinski definition) is 1. The maximum Gasteiger partial charge on any atom is 0.354 e. The first-order valence-corrected chi connectivity index (χ1v) is 11.4. The summed E-state index contributed by atoms with van der Waals surface area (Å²) >= 11 is 0. The van der Waals surface area contributed by atoms with E-state index in [9.17, 15) is 4.79 Å². The molecule has 0 unspecified atom stereocenters. The lowest BCUT2D eigenvalue weighted by Crippen LogP contribution is -2.20. The Bertz CT molecular complexity index is 1020. The summed E-state index contributed by atoms with van der Waals surface area (Å²) in [6.07, 6.45) is 6.07. The van der Waals surface area contributed by atoms with Gasteiger partial charge < -0.3 is 24.1 Å². The number of hydrogen-bond acceptors (Lipinski definition) is 5. The maximum atomic E-state index is 12.5. The van der Waals surface area contributed by atoms with E-state index in [2.05, 4.69) is 4.98 Å². The average molecular weight is 437 g/mol. The summed E-state index contributed by atoms with van der Waals surface area (Å²) in [4.78, 5) is 17.7. The van der Waals surface area contributed by atoms with Crippen LogP contribution in [0.4, 0.5) is 0 Å². The monoisotopic (exact) mass is 436 g/mol. The van der Waals surface area contributed by atoms with Crippen LogP contribution in [0.1, 0.15) is 48.2 Å². The van der Waals surface area contributed by atoms with Gasteiger partial charge in [-0.25, -0.2) is 4.79 Å². The molecule has 0 radical (unpaired) electrons. The standard InChI is InChI=1S/C26H32N2O4/c1-28(2)13-14-30-26(29)24-17-22-23(27-24)15-21(32-20-11-7-4-8-12-20)16-25(22)31-18-19-9-5-3-6-10-19/h3,5-6,9-10,15-17,20,27H,4,7-8,11-14,18H2,1-2H3. The summed E-state index contributed by atoms with van der Waals surface area (Å²) in [6.45, 7) is 1.46. The van der Waals surface area contributed by atoms with Crippen molar-refractivity contribution in [2.24, 2.45) is 0 Å². The van der Waals surface area contributed by atoms with Crippen molar-refractivity contribution in [1.29, 1.82) is 0 Å². The van der Waals surface area contributed by atoms with Gasteiger partial charge in [0, 0.05) is 24.1 Å². The molecule has 6 nitrogen and oxygen atoms in total. The average Bonchev–Trinajstić information content (AvgIpc) is 3.23. The van der Waals surface area contributed by atoms with Crippen LogP contribution >= 0.6 is 0 Å². The van der Waals surface area contributed by atoms with Gasteiger partial charge in [0.25, 0.3) is 0 Å². The number of aromatic amines is 1. The molecule has 1 fully saturated rings. The topological polar surface area (TPSA) is 63.8 Å². The minimum atomic E-state index is -0.369. The van der Waals surface area contributed by atoms with Crippen molar-refractivity contribution < 1.29 is 19.0 Å². The predicted molar refractivity (Wildman–Crippen MR) is 125 cm³/mol. The van der Waals surface area contributed by atoms with Gasteiger partial charge in [-0.3, -0.25) is 0 Å². The number of fused-ring (bicyclic) bond motifs is 1. The first-order valence-electron chi connectivity index (χ1n) is 11.4. The van der Waals surface area contributed by atoms with Crippen LogP contribution in [0.25, 0.3) is 10.9 Å². The van der Waals surface area contributed by atoms with Gasteiger partial charge in [0.05, 0.1) is 11.6 Å². The number of nitrogens with zero attached hydrogens (tertiary/aromatic N) is 1. The van der Waals surface area contributed by atoms with Crippen molar-refractivity contribution in [3.05, 3.63) is 59.8 Å². The number of benzene rings is 2. The summed E-state index contributed by atoms with van der Waals surface area (Å²) < 4.78 is 17.9. The molecule has 2 aromatic carbocycles. The van der Waals surface area contributed by atoms with Crippen LogP contribution in [0.5, 0.6) is 11.5 Å². The van der Waals surface area contributed by atoms with E-state index in [0.29, 0.717) is 31.2 Å². The number of esters is 1. The third-order valence-electron chi connectivity index (χ3n) is 5.76. The van der Waals surface area contributed by atoms with Crippen LogP contribution < -0.4 is 9.47 Å². The molecule has 3 aromatic rings. The highest BCUT2D eigenvalue weighted by Gasteiger charge is 2.19. The summed E-state index contributed by atoms with van der Waals surface area (Å²) in [7, 11) is 3.89. The van der Waals surface area contributed by atoms with Crippen molar-refractivity contribution in [3.8, 4) is 11.5 Å². The number of carbonyl (C=O) groups is 1. The van der Waals surface area contributed by atoms with Crippen LogP contribution in [0, 0.1) is 0 Å². The normalized spacial score (nSPS) is 14.6. The van der Waals surface area contributed by atoms with E-state index in [1.165, 1.54) is 19.3 Å². The fourth-order valence-electron chi connectivity index (χ4n) is 3.99. The quantitative estimate of drug-likeness (QED) is 0.469. The fourth-order valence-corrected chi connectivity index (χ4v) is 3.99. The molecule has 1 N–H and O–H groups in total. The lowest BCUT2D eigenvalue weighted by Gasteiger charge is -2.23. The van der Waals surface area contributed by atoms with Crippen LogP contribution in [0.2, 0.25) is 0 Å².